The lowest BCUT2D eigenvalue weighted by Crippen LogP contribution is -2.58. The molecule has 33 heavy (non-hydrogen) atoms. The molecule has 0 radical (unpaired) electrons. The van der Waals surface area contributed by atoms with Crippen LogP contribution in [0.5, 0.6) is 5.75 Å². The van der Waals surface area contributed by atoms with Gasteiger partial charge in [0.2, 0.25) is 11.8 Å². The highest BCUT2D eigenvalue weighted by atomic mass is 16.5. The van der Waals surface area contributed by atoms with Crippen molar-refractivity contribution in [2.24, 2.45) is 0 Å². The largest absolute Gasteiger partial charge is 0.496 e. The summed E-state index contributed by atoms with van der Waals surface area (Å²) >= 11 is 0. The minimum atomic E-state index is -0.529. The van der Waals surface area contributed by atoms with Crippen LogP contribution >= 0.6 is 0 Å². The molecule has 1 fully saturated rings. The smallest absolute Gasteiger partial charge is 0.245 e. The molecule has 3 aromatic rings. The van der Waals surface area contributed by atoms with Crippen molar-refractivity contribution in [3.05, 3.63) is 83.7 Å². The van der Waals surface area contributed by atoms with E-state index in [0.717, 1.165) is 33.6 Å². The predicted octanol–water partition coefficient (Wildman–Crippen LogP) is 3.52. The van der Waals surface area contributed by atoms with Crippen molar-refractivity contribution in [1.29, 1.82) is 0 Å². The molecule has 0 N–H and O–H groups in total. The zero-order chi connectivity index (χ0) is 23.4. The molecule has 0 spiro atoms. The van der Waals surface area contributed by atoms with Gasteiger partial charge in [0.25, 0.3) is 0 Å². The maximum Gasteiger partial charge on any atom is 0.245 e. The molecule has 1 saturated heterocycles. The van der Waals surface area contributed by atoms with Crippen molar-refractivity contribution in [3.8, 4) is 16.9 Å². The fraction of sp³-hybridized carbons (Fsp3) is 0.296. The molecular weight excluding hydrogens is 414 g/mol. The lowest BCUT2D eigenvalue weighted by molar-refractivity contribution is -0.149. The highest BCUT2D eigenvalue weighted by Crippen LogP contribution is 2.27. The fourth-order valence-electron chi connectivity index (χ4n) is 4.45. The van der Waals surface area contributed by atoms with E-state index < -0.39 is 6.04 Å². The van der Waals surface area contributed by atoms with E-state index in [1.807, 2.05) is 61.5 Å². The molecular formula is C27H29N3O3. The van der Waals surface area contributed by atoms with Crippen LogP contribution in [-0.2, 0) is 22.4 Å². The first-order chi connectivity index (χ1) is 16.0. The van der Waals surface area contributed by atoms with Gasteiger partial charge >= 0.3 is 0 Å². The number of methoxy groups -OCH3 is 1. The second kappa shape index (κ2) is 9.86. The third-order valence-electron chi connectivity index (χ3n) is 6.27. The van der Waals surface area contributed by atoms with Crippen LogP contribution in [-0.4, -0.2) is 59.9 Å². The molecule has 0 unspecified atom stereocenters. The number of ether oxygens (including phenoxy) is 1. The summed E-state index contributed by atoms with van der Waals surface area (Å²) in [6.07, 6.45) is 4.25. The van der Waals surface area contributed by atoms with Crippen LogP contribution in [0.2, 0.25) is 0 Å². The second-order valence-corrected chi connectivity index (χ2v) is 8.44. The van der Waals surface area contributed by atoms with Crippen LogP contribution in [0.3, 0.4) is 0 Å². The molecule has 170 valence electrons. The van der Waals surface area contributed by atoms with Crippen LogP contribution in [0.1, 0.15) is 16.7 Å². The number of carbonyl (C=O) groups is 2. The normalized spacial score (nSPS) is 16.1. The number of aryl methyl sites for hydroxylation is 1. The Morgan fingerprint density at radius 2 is 1.85 bits per heavy atom. The summed E-state index contributed by atoms with van der Waals surface area (Å²) in [5.41, 5.74) is 5.04. The summed E-state index contributed by atoms with van der Waals surface area (Å²) in [6, 6.07) is 17.2. The molecule has 1 aliphatic heterocycles. The Kier molecular flexibility index (Phi) is 6.73. The quantitative estimate of drug-likeness (QED) is 0.585. The minimum Gasteiger partial charge on any atom is -0.496 e. The third-order valence-corrected chi connectivity index (χ3v) is 6.27. The molecule has 4 rings (SSSR count). The van der Waals surface area contributed by atoms with Gasteiger partial charge < -0.3 is 14.5 Å². The molecule has 0 saturated carbocycles. The van der Waals surface area contributed by atoms with E-state index in [1.165, 1.54) is 0 Å². The molecule has 1 aromatic heterocycles. The summed E-state index contributed by atoms with van der Waals surface area (Å²) in [4.78, 5) is 34.1. The first-order valence-corrected chi connectivity index (χ1v) is 11.1. The monoisotopic (exact) mass is 443 g/mol. The number of hydrogen-bond acceptors (Lipinski definition) is 4. The Balaban J connectivity index is 1.60. The van der Waals surface area contributed by atoms with E-state index in [0.29, 0.717) is 19.5 Å². The standard InChI is InChI=1S/C27H29N3O3/c1-19-16-20(8-9-25(19)33-3)17-26(31)30-15-14-29(2)27(32)24(30)18-22-6-4-5-7-23(22)21-10-12-28-13-11-21/h4-13,16,24H,14-15,17-18H2,1-3H3/t24-/m1/s1. The first kappa shape index (κ1) is 22.5. The van der Waals surface area contributed by atoms with Gasteiger partial charge in [0.15, 0.2) is 0 Å². The van der Waals surface area contributed by atoms with Crippen molar-refractivity contribution >= 4 is 11.8 Å². The van der Waals surface area contributed by atoms with Gasteiger partial charge in [0.1, 0.15) is 11.8 Å². The third kappa shape index (κ3) is 4.90. The molecule has 1 aliphatic rings. The number of aromatic nitrogens is 1. The molecule has 1 atom stereocenters. The molecule has 0 bridgehead atoms. The predicted molar refractivity (Wildman–Crippen MR) is 128 cm³/mol. The summed E-state index contributed by atoms with van der Waals surface area (Å²) in [5, 5.41) is 0. The Hall–Kier alpha value is -3.67. The van der Waals surface area contributed by atoms with Gasteiger partial charge in [-0.15, -0.1) is 0 Å². The second-order valence-electron chi connectivity index (χ2n) is 8.44. The van der Waals surface area contributed by atoms with E-state index in [1.54, 1.807) is 36.4 Å². The number of carbonyl (C=O) groups excluding carboxylic acids is 2. The summed E-state index contributed by atoms with van der Waals surface area (Å²) < 4.78 is 5.33. The van der Waals surface area contributed by atoms with Gasteiger partial charge in [0, 0.05) is 39.0 Å². The number of nitrogens with zero attached hydrogens (tertiary/aromatic N) is 3. The Labute approximate surface area is 194 Å². The van der Waals surface area contributed by atoms with Crippen LogP contribution < -0.4 is 4.74 Å². The van der Waals surface area contributed by atoms with Gasteiger partial charge in [-0.25, -0.2) is 0 Å². The van der Waals surface area contributed by atoms with E-state index in [2.05, 4.69) is 4.98 Å². The van der Waals surface area contributed by atoms with Gasteiger partial charge in [-0.3, -0.25) is 14.6 Å². The highest BCUT2D eigenvalue weighted by Gasteiger charge is 2.36. The van der Waals surface area contributed by atoms with Gasteiger partial charge in [0.05, 0.1) is 13.5 Å². The lowest BCUT2D eigenvalue weighted by atomic mass is 9.93. The SMILES string of the molecule is COc1ccc(CC(=O)N2CCN(C)C(=O)[C@H]2Cc2ccccc2-c2ccncc2)cc1C. The number of rotatable bonds is 6. The number of hydrogen-bond donors (Lipinski definition) is 0. The molecule has 0 aliphatic carbocycles. The molecule has 6 nitrogen and oxygen atoms in total. The van der Waals surface area contributed by atoms with Crippen molar-refractivity contribution in [3.63, 3.8) is 0 Å². The van der Waals surface area contributed by atoms with E-state index in [9.17, 15) is 9.59 Å². The van der Waals surface area contributed by atoms with Crippen LogP contribution in [0.25, 0.3) is 11.1 Å². The Morgan fingerprint density at radius 1 is 1.09 bits per heavy atom. The average molecular weight is 444 g/mol. The fourth-order valence-corrected chi connectivity index (χ4v) is 4.45. The molecule has 2 aromatic carbocycles. The van der Waals surface area contributed by atoms with Gasteiger partial charge in [-0.05, 0) is 52.9 Å². The van der Waals surface area contributed by atoms with Crippen molar-refractivity contribution < 1.29 is 14.3 Å². The summed E-state index contributed by atoms with van der Waals surface area (Å²) in [5.74, 6) is 0.740. The number of piperazine rings is 1. The zero-order valence-electron chi connectivity index (χ0n) is 19.3. The van der Waals surface area contributed by atoms with Crippen molar-refractivity contribution in [2.75, 3.05) is 27.2 Å². The highest BCUT2D eigenvalue weighted by molar-refractivity contribution is 5.90. The number of benzene rings is 2. The lowest BCUT2D eigenvalue weighted by Gasteiger charge is -2.39. The van der Waals surface area contributed by atoms with E-state index in [4.69, 9.17) is 4.74 Å². The van der Waals surface area contributed by atoms with Crippen LogP contribution in [0, 0.1) is 6.92 Å². The molecule has 2 amide bonds. The van der Waals surface area contributed by atoms with Gasteiger partial charge in [-0.2, -0.15) is 0 Å². The number of pyridine rings is 1. The van der Waals surface area contributed by atoms with E-state index >= 15 is 0 Å². The molecule has 2 heterocycles. The minimum absolute atomic E-state index is 0.0231. The molecule has 6 heteroatoms. The van der Waals surface area contributed by atoms with Crippen molar-refractivity contribution in [1.82, 2.24) is 14.8 Å². The Morgan fingerprint density at radius 3 is 2.58 bits per heavy atom. The zero-order valence-corrected chi connectivity index (χ0v) is 19.3. The maximum absolute atomic E-state index is 13.4. The van der Waals surface area contributed by atoms with Crippen LogP contribution in [0.4, 0.5) is 0 Å². The number of amides is 2. The Bertz CT molecular complexity index is 1150. The van der Waals surface area contributed by atoms with Crippen LogP contribution in [0.15, 0.2) is 67.0 Å². The average Bonchev–Trinajstić information content (AvgIpc) is 2.83. The summed E-state index contributed by atoms with van der Waals surface area (Å²) in [6.45, 7) is 3.03. The van der Waals surface area contributed by atoms with E-state index in [-0.39, 0.29) is 18.2 Å². The maximum atomic E-state index is 13.4. The topological polar surface area (TPSA) is 62.7 Å². The summed E-state index contributed by atoms with van der Waals surface area (Å²) in [7, 11) is 3.44. The van der Waals surface area contributed by atoms with Crippen molar-refractivity contribution in [2.45, 2.75) is 25.8 Å². The number of likely N-dealkylation sites (N-methyl/N-ethyl adjacent to an activating group) is 1. The van der Waals surface area contributed by atoms with Gasteiger partial charge in [-0.1, -0.05) is 36.4 Å². The first-order valence-electron chi connectivity index (χ1n) is 11.1.